The van der Waals surface area contributed by atoms with E-state index in [1.54, 1.807) is 54.7 Å². The Morgan fingerprint density at radius 1 is 1.09 bits per heavy atom. The first-order chi connectivity index (χ1) is 15.9. The molecule has 0 spiro atoms. The van der Waals surface area contributed by atoms with Crippen LogP contribution >= 0.6 is 0 Å². The second-order valence-electron chi connectivity index (χ2n) is 7.75. The molecular weight excluding hydrogens is 420 g/mol. The summed E-state index contributed by atoms with van der Waals surface area (Å²) < 4.78 is 5.56. The highest BCUT2D eigenvalue weighted by Gasteiger charge is 2.46. The Morgan fingerprint density at radius 3 is 2.48 bits per heavy atom. The van der Waals surface area contributed by atoms with Crippen LogP contribution in [0.1, 0.15) is 35.3 Å². The number of amides is 1. The Kier molecular flexibility index (Phi) is 6.13. The summed E-state index contributed by atoms with van der Waals surface area (Å²) in [5.74, 6) is -1.01. The standard InChI is InChI=1S/C26H24N2O5/c1-3-33-21-12-9-18(14-16(21)2)24(30)22-23(17-7-10-20(29)11-8-17)28(26(32)25(22)31)15-19-6-4-5-13-27-19/h4-14,23,29-30H,3,15H2,1-2H3/b24-22-. The number of hydrogen-bond donors (Lipinski definition) is 2. The molecule has 33 heavy (non-hydrogen) atoms. The maximum atomic E-state index is 13.1. The molecule has 4 rings (SSSR count). The van der Waals surface area contributed by atoms with Crippen molar-refractivity contribution in [3.8, 4) is 11.5 Å². The van der Waals surface area contributed by atoms with Crippen molar-refractivity contribution in [2.75, 3.05) is 6.61 Å². The highest BCUT2D eigenvalue weighted by Crippen LogP contribution is 2.40. The maximum absolute atomic E-state index is 13.1. The zero-order chi connectivity index (χ0) is 23.5. The molecule has 0 aliphatic carbocycles. The number of ether oxygens (including phenoxy) is 1. The van der Waals surface area contributed by atoms with Crippen molar-refractivity contribution >= 4 is 17.4 Å². The first-order valence-electron chi connectivity index (χ1n) is 10.6. The average Bonchev–Trinajstić information content (AvgIpc) is 3.06. The van der Waals surface area contributed by atoms with Crippen LogP contribution in [0.3, 0.4) is 0 Å². The summed E-state index contributed by atoms with van der Waals surface area (Å²) in [6.45, 7) is 4.33. The number of phenolic OH excluding ortho intramolecular Hbond substituents is 1. The molecule has 1 aliphatic rings. The van der Waals surface area contributed by atoms with Crippen LogP contribution in [-0.4, -0.2) is 38.4 Å². The second-order valence-corrected chi connectivity index (χ2v) is 7.75. The van der Waals surface area contributed by atoms with Gasteiger partial charge in [-0.3, -0.25) is 14.6 Å². The van der Waals surface area contributed by atoms with Crippen LogP contribution in [0.4, 0.5) is 0 Å². The van der Waals surface area contributed by atoms with Gasteiger partial charge >= 0.3 is 0 Å². The molecule has 3 aromatic rings. The van der Waals surface area contributed by atoms with Crippen molar-refractivity contribution in [3.05, 3.63) is 94.8 Å². The quantitative estimate of drug-likeness (QED) is 0.337. The van der Waals surface area contributed by atoms with Crippen molar-refractivity contribution in [3.63, 3.8) is 0 Å². The third-order valence-electron chi connectivity index (χ3n) is 5.56. The summed E-state index contributed by atoms with van der Waals surface area (Å²) in [5.41, 5.74) is 2.40. The normalized spacial score (nSPS) is 17.4. The molecule has 2 heterocycles. The lowest BCUT2D eigenvalue weighted by Crippen LogP contribution is -2.29. The number of aromatic hydroxyl groups is 1. The van der Waals surface area contributed by atoms with Crippen molar-refractivity contribution in [2.24, 2.45) is 0 Å². The van der Waals surface area contributed by atoms with Gasteiger partial charge in [-0.2, -0.15) is 0 Å². The SMILES string of the molecule is CCOc1ccc(/C(O)=C2/C(=O)C(=O)N(Cc3ccccn3)C2c2ccc(O)cc2)cc1C. The van der Waals surface area contributed by atoms with Gasteiger partial charge in [-0.15, -0.1) is 0 Å². The molecule has 7 heteroatoms. The van der Waals surface area contributed by atoms with E-state index < -0.39 is 17.7 Å². The molecular formula is C26H24N2O5. The van der Waals surface area contributed by atoms with Crippen LogP contribution in [0.15, 0.2) is 72.4 Å². The summed E-state index contributed by atoms with van der Waals surface area (Å²) in [6.07, 6.45) is 1.62. The molecule has 1 saturated heterocycles. The van der Waals surface area contributed by atoms with Gasteiger partial charge in [-0.1, -0.05) is 18.2 Å². The van der Waals surface area contributed by atoms with Gasteiger partial charge in [-0.05, 0) is 67.4 Å². The molecule has 1 aliphatic heterocycles. The molecule has 1 atom stereocenters. The van der Waals surface area contributed by atoms with E-state index in [1.807, 2.05) is 13.8 Å². The summed E-state index contributed by atoms with van der Waals surface area (Å²) in [6, 6.07) is 15.8. The smallest absolute Gasteiger partial charge is 0.296 e. The van der Waals surface area contributed by atoms with Gasteiger partial charge in [-0.25, -0.2) is 0 Å². The van der Waals surface area contributed by atoms with E-state index in [-0.39, 0.29) is 23.6 Å². The first-order valence-corrected chi connectivity index (χ1v) is 10.6. The highest BCUT2D eigenvalue weighted by molar-refractivity contribution is 6.46. The molecule has 1 amide bonds. The first kappa shape index (κ1) is 22.1. The Labute approximate surface area is 191 Å². The lowest BCUT2D eigenvalue weighted by Gasteiger charge is -2.25. The number of aryl methyl sites for hydroxylation is 1. The summed E-state index contributed by atoms with van der Waals surface area (Å²) >= 11 is 0. The molecule has 1 fully saturated rings. The molecule has 7 nitrogen and oxygen atoms in total. The van der Waals surface area contributed by atoms with Gasteiger partial charge in [0.25, 0.3) is 11.7 Å². The van der Waals surface area contributed by atoms with Gasteiger partial charge in [0, 0.05) is 11.8 Å². The molecule has 1 aromatic heterocycles. The number of aromatic nitrogens is 1. The van der Waals surface area contributed by atoms with E-state index in [1.165, 1.54) is 17.0 Å². The number of aliphatic hydroxyl groups excluding tert-OH is 1. The Morgan fingerprint density at radius 2 is 1.85 bits per heavy atom. The summed E-state index contributed by atoms with van der Waals surface area (Å²) in [5, 5.41) is 20.9. The van der Waals surface area contributed by atoms with Crippen LogP contribution in [0.25, 0.3) is 5.76 Å². The van der Waals surface area contributed by atoms with Crippen molar-refractivity contribution in [1.29, 1.82) is 0 Å². The zero-order valence-corrected chi connectivity index (χ0v) is 18.4. The lowest BCUT2D eigenvalue weighted by molar-refractivity contribution is -0.140. The zero-order valence-electron chi connectivity index (χ0n) is 18.4. The van der Waals surface area contributed by atoms with E-state index in [0.29, 0.717) is 29.2 Å². The lowest BCUT2D eigenvalue weighted by atomic mass is 9.94. The van der Waals surface area contributed by atoms with E-state index in [0.717, 1.165) is 5.56 Å². The largest absolute Gasteiger partial charge is 0.508 e. The average molecular weight is 444 g/mol. The van der Waals surface area contributed by atoms with E-state index >= 15 is 0 Å². The fourth-order valence-corrected chi connectivity index (χ4v) is 3.98. The predicted octanol–water partition coefficient (Wildman–Crippen LogP) is 4.12. The maximum Gasteiger partial charge on any atom is 0.296 e. The minimum Gasteiger partial charge on any atom is -0.508 e. The summed E-state index contributed by atoms with van der Waals surface area (Å²) in [7, 11) is 0. The number of pyridine rings is 1. The van der Waals surface area contributed by atoms with E-state index in [2.05, 4.69) is 4.98 Å². The molecule has 1 unspecified atom stereocenters. The minimum atomic E-state index is -0.834. The number of aliphatic hydroxyl groups is 1. The van der Waals surface area contributed by atoms with Crippen LogP contribution < -0.4 is 4.74 Å². The Bertz CT molecular complexity index is 1220. The van der Waals surface area contributed by atoms with Crippen molar-refractivity contribution in [1.82, 2.24) is 9.88 Å². The van der Waals surface area contributed by atoms with E-state index in [4.69, 9.17) is 4.74 Å². The number of benzene rings is 2. The van der Waals surface area contributed by atoms with E-state index in [9.17, 15) is 19.8 Å². The minimum absolute atomic E-state index is 0.00909. The number of nitrogens with zero attached hydrogens (tertiary/aromatic N) is 2. The fourth-order valence-electron chi connectivity index (χ4n) is 3.98. The number of Topliss-reactive ketones (excluding diaryl/α,β-unsaturated/α-hetero) is 1. The fraction of sp³-hybridized carbons (Fsp3) is 0.192. The number of phenols is 1. The third-order valence-corrected chi connectivity index (χ3v) is 5.56. The Hall–Kier alpha value is -4.13. The Balaban J connectivity index is 1.84. The van der Waals surface area contributed by atoms with Crippen molar-refractivity contribution < 1.29 is 24.5 Å². The highest BCUT2D eigenvalue weighted by atomic mass is 16.5. The van der Waals surface area contributed by atoms with Crippen LogP contribution in [0.5, 0.6) is 11.5 Å². The number of likely N-dealkylation sites (tertiary alicyclic amines) is 1. The number of ketones is 1. The predicted molar refractivity (Wildman–Crippen MR) is 123 cm³/mol. The van der Waals surface area contributed by atoms with Crippen LogP contribution in [0.2, 0.25) is 0 Å². The molecule has 168 valence electrons. The third kappa shape index (κ3) is 4.30. The van der Waals surface area contributed by atoms with Gasteiger partial charge in [0.05, 0.1) is 30.5 Å². The summed E-state index contributed by atoms with van der Waals surface area (Å²) in [4.78, 5) is 31.8. The van der Waals surface area contributed by atoms with Gasteiger partial charge < -0.3 is 19.8 Å². The number of hydrogen-bond acceptors (Lipinski definition) is 6. The number of carbonyl (C=O) groups is 2. The molecule has 2 N–H and O–H groups in total. The molecule has 0 radical (unpaired) electrons. The number of carbonyl (C=O) groups excluding carboxylic acids is 2. The van der Waals surface area contributed by atoms with Crippen LogP contribution in [-0.2, 0) is 16.1 Å². The van der Waals surface area contributed by atoms with Gasteiger partial charge in [0.15, 0.2) is 0 Å². The van der Waals surface area contributed by atoms with Crippen LogP contribution in [0, 0.1) is 6.92 Å². The van der Waals surface area contributed by atoms with Gasteiger partial charge in [0.2, 0.25) is 0 Å². The van der Waals surface area contributed by atoms with Crippen molar-refractivity contribution in [2.45, 2.75) is 26.4 Å². The molecule has 0 saturated carbocycles. The van der Waals surface area contributed by atoms with Gasteiger partial charge in [0.1, 0.15) is 17.3 Å². The number of rotatable bonds is 6. The molecule has 2 aromatic carbocycles. The topological polar surface area (TPSA) is 100.0 Å². The monoisotopic (exact) mass is 444 g/mol. The molecule has 0 bridgehead atoms. The second kappa shape index (κ2) is 9.16.